The number of amides is 1. The smallest absolute Gasteiger partial charge is 0.223 e. The van der Waals surface area contributed by atoms with Crippen LogP contribution in [0.2, 0.25) is 0 Å². The SMILES string of the molecule is Cc1ccc(N2CCC(CNC(=O)C3CCN(S(C)(=O)=O)CC3)CC2)nn1. The summed E-state index contributed by atoms with van der Waals surface area (Å²) in [5.74, 6) is 1.38. The van der Waals surface area contributed by atoms with Crippen LogP contribution in [0.4, 0.5) is 5.82 Å². The molecule has 0 radical (unpaired) electrons. The summed E-state index contributed by atoms with van der Waals surface area (Å²) >= 11 is 0. The molecule has 2 saturated heterocycles. The maximum absolute atomic E-state index is 12.4. The minimum atomic E-state index is -3.15. The second kappa shape index (κ2) is 8.52. The van der Waals surface area contributed by atoms with Gasteiger partial charge in [-0.25, -0.2) is 12.7 Å². The number of piperidine rings is 2. The molecule has 0 aromatic carbocycles. The van der Waals surface area contributed by atoms with Gasteiger partial charge in [0.05, 0.1) is 11.9 Å². The molecule has 0 saturated carbocycles. The number of anilines is 1. The molecule has 0 atom stereocenters. The number of carbonyl (C=O) groups excluding carboxylic acids is 1. The van der Waals surface area contributed by atoms with Crippen LogP contribution < -0.4 is 10.2 Å². The predicted octanol–water partition coefficient (Wildman–Crippen LogP) is 0.789. The third kappa shape index (κ3) is 5.38. The van der Waals surface area contributed by atoms with E-state index in [0.717, 1.165) is 37.4 Å². The minimum absolute atomic E-state index is 0.0648. The van der Waals surface area contributed by atoms with Gasteiger partial charge in [0, 0.05) is 38.6 Å². The Morgan fingerprint density at radius 2 is 1.78 bits per heavy atom. The Bertz CT molecular complexity index is 737. The van der Waals surface area contributed by atoms with E-state index in [4.69, 9.17) is 0 Å². The van der Waals surface area contributed by atoms with Crippen molar-refractivity contribution in [3.8, 4) is 0 Å². The van der Waals surface area contributed by atoms with Gasteiger partial charge in [-0.15, -0.1) is 5.10 Å². The molecule has 1 amide bonds. The summed E-state index contributed by atoms with van der Waals surface area (Å²) < 4.78 is 24.6. The number of nitrogens with one attached hydrogen (secondary N) is 1. The molecule has 9 heteroatoms. The van der Waals surface area contributed by atoms with E-state index in [1.54, 1.807) is 0 Å². The summed E-state index contributed by atoms with van der Waals surface area (Å²) in [4.78, 5) is 14.6. The first-order chi connectivity index (χ1) is 12.8. The Balaban J connectivity index is 1.39. The monoisotopic (exact) mass is 395 g/mol. The van der Waals surface area contributed by atoms with Crippen LogP contribution in [0.3, 0.4) is 0 Å². The van der Waals surface area contributed by atoms with Crippen LogP contribution in [-0.2, 0) is 14.8 Å². The van der Waals surface area contributed by atoms with Crippen LogP contribution in [0, 0.1) is 18.8 Å². The number of carbonyl (C=O) groups is 1. The second-order valence-corrected chi connectivity index (χ2v) is 9.63. The average Bonchev–Trinajstić information content (AvgIpc) is 2.66. The topological polar surface area (TPSA) is 95.5 Å². The highest BCUT2D eigenvalue weighted by atomic mass is 32.2. The lowest BCUT2D eigenvalue weighted by molar-refractivity contribution is -0.126. The molecule has 2 aliphatic heterocycles. The summed E-state index contributed by atoms with van der Waals surface area (Å²) in [6, 6.07) is 3.98. The van der Waals surface area contributed by atoms with Crippen molar-refractivity contribution < 1.29 is 13.2 Å². The van der Waals surface area contributed by atoms with Crippen molar-refractivity contribution in [3.05, 3.63) is 17.8 Å². The van der Waals surface area contributed by atoms with E-state index in [2.05, 4.69) is 20.4 Å². The molecule has 27 heavy (non-hydrogen) atoms. The number of nitrogens with zero attached hydrogens (tertiary/aromatic N) is 4. The molecule has 3 rings (SSSR count). The Kier molecular flexibility index (Phi) is 6.31. The fourth-order valence-electron chi connectivity index (χ4n) is 3.77. The molecular formula is C18H29N5O3S. The number of hydrogen-bond acceptors (Lipinski definition) is 6. The molecule has 1 aromatic heterocycles. The largest absolute Gasteiger partial charge is 0.356 e. The quantitative estimate of drug-likeness (QED) is 0.792. The zero-order valence-electron chi connectivity index (χ0n) is 16.1. The van der Waals surface area contributed by atoms with Crippen LogP contribution in [-0.4, -0.2) is 67.8 Å². The Labute approximate surface area is 161 Å². The van der Waals surface area contributed by atoms with Crippen molar-refractivity contribution in [1.82, 2.24) is 19.8 Å². The Hall–Kier alpha value is -1.74. The molecule has 2 aliphatic rings. The lowest BCUT2D eigenvalue weighted by Gasteiger charge is -2.33. The first-order valence-corrected chi connectivity index (χ1v) is 11.5. The molecule has 150 valence electrons. The van der Waals surface area contributed by atoms with Crippen molar-refractivity contribution in [3.63, 3.8) is 0 Å². The van der Waals surface area contributed by atoms with Gasteiger partial charge >= 0.3 is 0 Å². The summed E-state index contributed by atoms with van der Waals surface area (Å²) in [6.45, 7) is 5.34. The maximum Gasteiger partial charge on any atom is 0.223 e. The van der Waals surface area contributed by atoms with E-state index in [1.165, 1.54) is 10.6 Å². The fraction of sp³-hybridized carbons (Fsp3) is 0.722. The van der Waals surface area contributed by atoms with Gasteiger partial charge in [0.15, 0.2) is 5.82 Å². The van der Waals surface area contributed by atoms with Gasteiger partial charge in [-0.2, -0.15) is 5.10 Å². The highest BCUT2D eigenvalue weighted by Gasteiger charge is 2.29. The van der Waals surface area contributed by atoms with Gasteiger partial charge in [-0.1, -0.05) is 0 Å². The molecule has 3 heterocycles. The summed E-state index contributed by atoms with van der Waals surface area (Å²) in [5, 5.41) is 11.4. The van der Waals surface area contributed by atoms with Crippen LogP contribution in [0.15, 0.2) is 12.1 Å². The highest BCUT2D eigenvalue weighted by Crippen LogP contribution is 2.22. The van der Waals surface area contributed by atoms with Crippen LogP contribution >= 0.6 is 0 Å². The summed E-state index contributed by atoms with van der Waals surface area (Å²) in [5.41, 5.74) is 0.915. The number of hydrogen-bond donors (Lipinski definition) is 1. The third-order valence-corrected chi connectivity index (χ3v) is 6.88. The summed E-state index contributed by atoms with van der Waals surface area (Å²) in [7, 11) is -3.15. The zero-order valence-corrected chi connectivity index (χ0v) is 16.9. The lowest BCUT2D eigenvalue weighted by Crippen LogP contribution is -2.44. The van der Waals surface area contributed by atoms with Gasteiger partial charge in [-0.3, -0.25) is 4.79 Å². The number of aryl methyl sites for hydroxylation is 1. The second-order valence-electron chi connectivity index (χ2n) is 7.64. The molecule has 0 spiro atoms. The first-order valence-electron chi connectivity index (χ1n) is 9.61. The van der Waals surface area contributed by atoms with E-state index in [0.29, 0.717) is 38.4 Å². The van der Waals surface area contributed by atoms with Gasteiger partial charge in [0.25, 0.3) is 0 Å². The van der Waals surface area contributed by atoms with Gasteiger partial charge < -0.3 is 10.2 Å². The maximum atomic E-state index is 12.4. The van der Waals surface area contributed by atoms with Crippen LogP contribution in [0.1, 0.15) is 31.4 Å². The van der Waals surface area contributed by atoms with Crippen LogP contribution in [0.25, 0.3) is 0 Å². The van der Waals surface area contributed by atoms with E-state index >= 15 is 0 Å². The van der Waals surface area contributed by atoms with Crippen molar-refractivity contribution in [2.24, 2.45) is 11.8 Å². The standard InChI is InChI=1S/C18H29N5O3S/c1-14-3-4-17(21-20-14)22-9-5-15(6-10-22)13-19-18(24)16-7-11-23(12-8-16)27(2,25)26/h3-4,15-16H,5-13H2,1-2H3,(H,19,24). The van der Waals surface area contributed by atoms with Gasteiger partial charge in [0.2, 0.25) is 15.9 Å². The van der Waals surface area contributed by atoms with Crippen molar-refractivity contribution >= 4 is 21.7 Å². The third-order valence-electron chi connectivity index (χ3n) is 5.58. The first kappa shape index (κ1) is 20.0. The van der Waals surface area contributed by atoms with E-state index in [-0.39, 0.29) is 11.8 Å². The van der Waals surface area contributed by atoms with E-state index < -0.39 is 10.0 Å². The number of sulfonamides is 1. The van der Waals surface area contributed by atoms with E-state index in [9.17, 15) is 13.2 Å². The predicted molar refractivity (Wildman–Crippen MR) is 104 cm³/mol. The Morgan fingerprint density at radius 3 is 2.33 bits per heavy atom. The highest BCUT2D eigenvalue weighted by molar-refractivity contribution is 7.88. The molecule has 1 aromatic rings. The van der Waals surface area contributed by atoms with E-state index in [1.807, 2.05) is 19.1 Å². The molecule has 0 aliphatic carbocycles. The van der Waals surface area contributed by atoms with Crippen molar-refractivity contribution in [2.45, 2.75) is 32.6 Å². The minimum Gasteiger partial charge on any atom is -0.356 e. The molecule has 2 fully saturated rings. The molecule has 8 nitrogen and oxygen atoms in total. The average molecular weight is 396 g/mol. The molecular weight excluding hydrogens is 366 g/mol. The fourth-order valence-corrected chi connectivity index (χ4v) is 4.64. The molecule has 1 N–H and O–H groups in total. The van der Waals surface area contributed by atoms with Crippen molar-refractivity contribution in [1.29, 1.82) is 0 Å². The lowest BCUT2D eigenvalue weighted by atomic mass is 9.94. The number of aromatic nitrogens is 2. The Morgan fingerprint density at radius 1 is 1.11 bits per heavy atom. The zero-order chi connectivity index (χ0) is 19.4. The van der Waals surface area contributed by atoms with Gasteiger partial charge in [0.1, 0.15) is 0 Å². The van der Waals surface area contributed by atoms with Crippen molar-refractivity contribution in [2.75, 3.05) is 43.9 Å². The normalized spacial score (nSPS) is 20.6. The summed E-state index contributed by atoms with van der Waals surface area (Å²) in [6.07, 6.45) is 4.46. The number of rotatable bonds is 5. The van der Waals surface area contributed by atoms with Gasteiger partial charge in [-0.05, 0) is 50.7 Å². The molecule has 0 unspecified atom stereocenters. The van der Waals surface area contributed by atoms with Crippen LogP contribution in [0.5, 0.6) is 0 Å². The molecule has 0 bridgehead atoms.